The molecule has 6 nitrogen and oxygen atoms in total. The number of esters is 1. The highest BCUT2D eigenvalue weighted by Gasteiger charge is 2.16. The van der Waals surface area contributed by atoms with Crippen LogP contribution in [0.1, 0.15) is 35.8 Å². The zero-order valence-electron chi connectivity index (χ0n) is 15.3. The van der Waals surface area contributed by atoms with Crippen LogP contribution in [0.5, 0.6) is 0 Å². The fourth-order valence-corrected chi connectivity index (χ4v) is 2.40. The third kappa shape index (κ3) is 6.11. The van der Waals surface area contributed by atoms with Crippen molar-refractivity contribution in [1.82, 2.24) is 5.32 Å². The number of anilines is 1. The summed E-state index contributed by atoms with van der Waals surface area (Å²) in [5.41, 5.74) is 1.65. The summed E-state index contributed by atoms with van der Waals surface area (Å²) < 4.78 is 4.80. The topological polar surface area (TPSA) is 84.5 Å². The number of amides is 2. The SMILES string of the molecule is C/C=C/C(=O)OCC(=O)Nc1ccccc1C(=O)N[C@@H](C)c1ccccc1. The highest BCUT2D eigenvalue weighted by molar-refractivity contribution is 6.04. The number of carbonyl (C=O) groups excluding carboxylic acids is 3. The Hall–Kier alpha value is -3.41. The molecule has 0 heterocycles. The Bertz CT molecular complexity index is 831. The van der Waals surface area contributed by atoms with Gasteiger partial charge >= 0.3 is 5.97 Å². The summed E-state index contributed by atoms with van der Waals surface area (Å²) >= 11 is 0. The summed E-state index contributed by atoms with van der Waals surface area (Å²) in [4.78, 5) is 35.9. The van der Waals surface area contributed by atoms with Gasteiger partial charge in [0.1, 0.15) is 0 Å². The summed E-state index contributed by atoms with van der Waals surface area (Å²) in [5, 5.41) is 5.51. The average molecular weight is 366 g/mol. The number of benzene rings is 2. The zero-order chi connectivity index (χ0) is 19.6. The van der Waals surface area contributed by atoms with Gasteiger partial charge in [0.25, 0.3) is 11.8 Å². The molecule has 0 radical (unpaired) electrons. The van der Waals surface area contributed by atoms with E-state index in [1.807, 2.05) is 37.3 Å². The van der Waals surface area contributed by atoms with Gasteiger partial charge in [0.15, 0.2) is 6.61 Å². The van der Waals surface area contributed by atoms with Crippen molar-refractivity contribution in [3.05, 3.63) is 77.9 Å². The lowest BCUT2D eigenvalue weighted by Crippen LogP contribution is -2.28. The van der Waals surface area contributed by atoms with Gasteiger partial charge in [-0.1, -0.05) is 48.5 Å². The first-order valence-electron chi connectivity index (χ1n) is 8.55. The number of rotatable bonds is 7. The maximum Gasteiger partial charge on any atom is 0.330 e. The maximum atomic E-state index is 12.6. The number of ether oxygens (including phenoxy) is 1. The molecule has 2 aromatic carbocycles. The van der Waals surface area contributed by atoms with Crippen LogP contribution in [0.25, 0.3) is 0 Å². The second-order valence-electron chi connectivity index (χ2n) is 5.81. The van der Waals surface area contributed by atoms with E-state index in [2.05, 4.69) is 10.6 Å². The predicted octanol–water partition coefficient (Wildman–Crippen LogP) is 3.24. The maximum absolute atomic E-state index is 12.6. The molecule has 2 amide bonds. The Labute approximate surface area is 158 Å². The number of nitrogens with one attached hydrogen (secondary N) is 2. The standard InChI is InChI=1S/C21H22N2O4/c1-3-9-20(25)27-14-19(24)23-18-13-8-7-12-17(18)21(26)22-15(2)16-10-5-4-6-11-16/h3-13,15H,14H2,1-2H3,(H,22,26)(H,23,24)/b9-3+/t15-/m0/s1. The van der Waals surface area contributed by atoms with Crippen LogP contribution in [-0.2, 0) is 14.3 Å². The molecule has 0 saturated carbocycles. The molecule has 0 unspecified atom stereocenters. The van der Waals surface area contributed by atoms with Crippen LogP contribution in [-0.4, -0.2) is 24.4 Å². The van der Waals surface area contributed by atoms with E-state index in [1.54, 1.807) is 31.2 Å². The molecule has 0 aliphatic carbocycles. The number of allylic oxidation sites excluding steroid dienone is 1. The van der Waals surface area contributed by atoms with Crippen LogP contribution >= 0.6 is 0 Å². The van der Waals surface area contributed by atoms with Crippen molar-refractivity contribution in [3.8, 4) is 0 Å². The number of carbonyl (C=O) groups is 3. The van der Waals surface area contributed by atoms with Gasteiger partial charge in [-0.15, -0.1) is 0 Å². The van der Waals surface area contributed by atoms with Gasteiger partial charge in [-0.25, -0.2) is 4.79 Å². The highest BCUT2D eigenvalue weighted by atomic mass is 16.5. The second-order valence-corrected chi connectivity index (χ2v) is 5.81. The minimum Gasteiger partial charge on any atom is -0.452 e. The van der Waals surface area contributed by atoms with Gasteiger partial charge in [0.05, 0.1) is 17.3 Å². The first kappa shape index (κ1) is 19.9. The number of hydrogen-bond acceptors (Lipinski definition) is 4. The fraction of sp³-hybridized carbons (Fsp3) is 0.190. The molecule has 2 N–H and O–H groups in total. The van der Waals surface area contributed by atoms with E-state index in [-0.39, 0.29) is 11.9 Å². The molecule has 0 aliphatic rings. The predicted molar refractivity (Wildman–Crippen MR) is 103 cm³/mol. The first-order valence-corrected chi connectivity index (χ1v) is 8.55. The molecular formula is C21H22N2O4. The normalized spacial score (nSPS) is 11.6. The van der Waals surface area contributed by atoms with Gasteiger partial charge < -0.3 is 15.4 Å². The summed E-state index contributed by atoms with van der Waals surface area (Å²) in [7, 11) is 0. The molecule has 1 atom stereocenters. The first-order chi connectivity index (χ1) is 13.0. The van der Waals surface area contributed by atoms with E-state index in [9.17, 15) is 14.4 Å². The van der Waals surface area contributed by atoms with Crippen molar-refractivity contribution in [3.63, 3.8) is 0 Å². The molecule has 27 heavy (non-hydrogen) atoms. The Balaban J connectivity index is 2.03. The minimum absolute atomic E-state index is 0.191. The summed E-state index contributed by atoms with van der Waals surface area (Å²) in [6.45, 7) is 3.13. The third-order valence-corrected chi connectivity index (χ3v) is 3.74. The van der Waals surface area contributed by atoms with E-state index in [1.165, 1.54) is 12.2 Å². The van der Waals surface area contributed by atoms with E-state index in [4.69, 9.17) is 4.74 Å². The lowest BCUT2D eigenvalue weighted by Gasteiger charge is -2.16. The second kappa shape index (κ2) is 9.91. The van der Waals surface area contributed by atoms with E-state index in [0.717, 1.165) is 5.56 Å². The third-order valence-electron chi connectivity index (χ3n) is 3.74. The van der Waals surface area contributed by atoms with Gasteiger partial charge in [-0.05, 0) is 31.5 Å². The van der Waals surface area contributed by atoms with Crippen molar-refractivity contribution in [1.29, 1.82) is 0 Å². The molecule has 0 aliphatic heterocycles. The Kier molecular flexibility index (Phi) is 7.31. The molecular weight excluding hydrogens is 344 g/mol. The monoisotopic (exact) mass is 366 g/mol. The van der Waals surface area contributed by atoms with Crippen LogP contribution < -0.4 is 10.6 Å². The van der Waals surface area contributed by atoms with Crippen molar-refractivity contribution in [2.24, 2.45) is 0 Å². The van der Waals surface area contributed by atoms with Crippen LogP contribution in [0.4, 0.5) is 5.69 Å². The fourth-order valence-electron chi connectivity index (χ4n) is 2.40. The van der Waals surface area contributed by atoms with Crippen molar-refractivity contribution >= 4 is 23.5 Å². The van der Waals surface area contributed by atoms with Crippen molar-refractivity contribution < 1.29 is 19.1 Å². The zero-order valence-corrected chi connectivity index (χ0v) is 15.3. The quantitative estimate of drug-likeness (QED) is 0.582. The molecule has 0 bridgehead atoms. The van der Waals surface area contributed by atoms with Gasteiger partial charge in [0, 0.05) is 6.08 Å². The largest absolute Gasteiger partial charge is 0.452 e. The molecule has 0 spiro atoms. The average Bonchev–Trinajstić information content (AvgIpc) is 2.67. The molecule has 6 heteroatoms. The summed E-state index contributed by atoms with van der Waals surface area (Å²) in [6.07, 6.45) is 2.74. The van der Waals surface area contributed by atoms with E-state index < -0.39 is 18.5 Å². The van der Waals surface area contributed by atoms with Gasteiger partial charge in [0.2, 0.25) is 0 Å². The summed E-state index contributed by atoms with van der Waals surface area (Å²) in [6, 6.07) is 16.0. The Morgan fingerprint density at radius 2 is 1.70 bits per heavy atom. The smallest absolute Gasteiger partial charge is 0.330 e. The lowest BCUT2D eigenvalue weighted by atomic mass is 10.1. The molecule has 0 fully saturated rings. The highest BCUT2D eigenvalue weighted by Crippen LogP contribution is 2.18. The van der Waals surface area contributed by atoms with Gasteiger partial charge in [-0.3, -0.25) is 9.59 Å². The van der Waals surface area contributed by atoms with E-state index >= 15 is 0 Å². The van der Waals surface area contributed by atoms with Crippen LogP contribution in [0.2, 0.25) is 0 Å². The number of hydrogen-bond donors (Lipinski definition) is 2. The lowest BCUT2D eigenvalue weighted by molar-refractivity contribution is -0.142. The van der Waals surface area contributed by atoms with Crippen LogP contribution in [0, 0.1) is 0 Å². The van der Waals surface area contributed by atoms with Gasteiger partial charge in [-0.2, -0.15) is 0 Å². The molecule has 0 aromatic heterocycles. The van der Waals surface area contributed by atoms with Crippen molar-refractivity contribution in [2.75, 3.05) is 11.9 Å². The minimum atomic E-state index is -0.602. The molecule has 0 saturated heterocycles. The Morgan fingerprint density at radius 3 is 2.41 bits per heavy atom. The summed E-state index contributed by atoms with van der Waals surface area (Å²) in [5.74, 6) is -1.44. The van der Waals surface area contributed by atoms with Crippen molar-refractivity contribution in [2.45, 2.75) is 19.9 Å². The molecule has 2 aromatic rings. The molecule has 140 valence electrons. The van der Waals surface area contributed by atoms with Crippen LogP contribution in [0.3, 0.4) is 0 Å². The Morgan fingerprint density at radius 1 is 1.04 bits per heavy atom. The van der Waals surface area contributed by atoms with E-state index in [0.29, 0.717) is 11.3 Å². The molecule has 2 rings (SSSR count). The number of para-hydroxylation sites is 1. The van der Waals surface area contributed by atoms with Crippen LogP contribution in [0.15, 0.2) is 66.7 Å².